The zero-order chi connectivity index (χ0) is 24.2. The molecule has 4 aromatic rings. The van der Waals surface area contributed by atoms with E-state index in [1.165, 1.54) is 43.5 Å². The van der Waals surface area contributed by atoms with Crippen molar-refractivity contribution in [1.29, 1.82) is 0 Å². The first-order valence-electron chi connectivity index (χ1n) is 9.93. The highest BCUT2D eigenvalue weighted by molar-refractivity contribution is 7.90. The predicted octanol–water partition coefficient (Wildman–Crippen LogP) is 4.38. The molecule has 8 nitrogen and oxygen atoms in total. The Morgan fingerprint density at radius 1 is 0.912 bits per heavy atom. The van der Waals surface area contributed by atoms with E-state index in [9.17, 15) is 18.0 Å². The number of hydrogen-bond donors (Lipinski definition) is 0. The quantitative estimate of drug-likeness (QED) is 0.365. The molecular formula is C23H15Cl2N3O5S. The van der Waals surface area contributed by atoms with Gasteiger partial charge in [0, 0.05) is 0 Å². The van der Waals surface area contributed by atoms with Crippen LogP contribution < -0.4 is 4.74 Å². The Balaban J connectivity index is 1.68. The molecule has 2 amide bonds. The molecule has 0 unspecified atom stereocenters. The maximum Gasteiger partial charge on any atom is 0.269 e. The second-order valence-electron chi connectivity index (χ2n) is 7.47. The van der Waals surface area contributed by atoms with Crippen molar-refractivity contribution in [2.45, 2.75) is 11.4 Å². The highest BCUT2D eigenvalue weighted by Crippen LogP contribution is 2.32. The van der Waals surface area contributed by atoms with Gasteiger partial charge in [0.15, 0.2) is 0 Å². The summed E-state index contributed by atoms with van der Waals surface area (Å²) < 4.78 is 33.5. The number of imidazole rings is 1. The van der Waals surface area contributed by atoms with Gasteiger partial charge in [-0.2, -0.15) is 0 Å². The molecular weight excluding hydrogens is 501 g/mol. The summed E-state index contributed by atoms with van der Waals surface area (Å²) in [5, 5.41) is 0.320. The molecule has 5 rings (SSSR count). The molecule has 0 aliphatic carbocycles. The average Bonchev–Trinajstić information content (AvgIpc) is 3.30. The second kappa shape index (κ2) is 8.12. The third-order valence-corrected chi connectivity index (χ3v) is 7.97. The lowest BCUT2D eigenvalue weighted by molar-refractivity contribution is 0.0638. The van der Waals surface area contributed by atoms with Crippen LogP contribution >= 0.6 is 23.2 Å². The molecule has 0 saturated carbocycles. The van der Waals surface area contributed by atoms with Gasteiger partial charge in [0.25, 0.3) is 21.8 Å². The first-order valence-corrected chi connectivity index (χ1v) is 12.1. The molecule has 0 spiro atoms. The number of imide groups is 1. The molecule has 1 aliphatic rings. The van der Waals surface area contributed by atoms with Gasteiger partial charge in [-0.25, -0.2) is 17.4 Å². The zero-order valence-electron chi connectivity index (χ0n) is 17.5. The van der Waals surface area contributed by atoms with Crippen molar-refractivity contribution in [3.8, 4) is 5.75 Å². The van der Waals surface area contributed by atoms with Crippen molar-refractivity contribution in [1.82, 2.24) is 13.9 Å². The molecule has 0 N–H and O–H groups in total. The average molecular weight is 516 g/mol. The fourth-order valence-electron chi connectivity index (χ4n) is 3.85. The summed E-state index contributed by atoms with van der Waals surface area (Å²) in [6, 6.07) is 15.0. The van der Waals surface area contributed by atoms with Gasteiger partial charge in [0.2, 0.25) is 0 Å². The molecule has 2 heterocycles. The Morgan fingerprint density at radius 2 is 1.50 bits per heavy atom. The second-order valence-corrected chi connectivity index (χ2v) is 10.1. The molecule has 11 heteroatoms. The van der Waals surface area contributed by atoms with Crippen LogP contribution in [0.4, 0.5) is 0 Å². The fraction of sp³-hybridized carbons (Fsp3) is 0.0870. The zero-order valence-corrected chi connectivity index (χ0v) is 19.9. The van der Waals surface area contributed by atoms with Crippen LogP contribution in [0.1, 0.15) is 26.5 Å². The molecule has 0 saturated heterocycles. The van der Waals surface area contributed by atoms with Crippen molar-refractivity contribution >= 4 is 56.1 Å². The topological polar surface area (TPSA) is 98.6 Å². The summed E-state index contributed by atoms with van der Waals surface area (Å²) >= 11 is 12.3. The monoisotopic (exact) mass is 515 g/mol. The Morgan fingerprint density at radius 3 is 2.09 bits per heavy atom. The Bertz CT molecular complexity index is 1560. The fourth-order valence-corrected chi connectivity index (χ4v) is 5.63. The Labute approximate surface area is 204 Å². The van der Waals surface area contributed by atoms with Crippen LogP contribution in [-0.4, -0.2) is 41.2 Å². The van der Waals surface area contributed by atoms with Gasteiger partial charge in [-0.1, -0.05) is 35.3 Å². The summed E-state index contributed by atoms with van der Waals surface area (Å²) in [5.74, 6) is -0.622. The first kappa shape index (κ1) is 22.4. The molecule has 0 bridgehead atoms. The summed E-state index contributed by atoms with van der Waals surface area (Å²) in [5.41, 5.74) is 0.911. The molecule has 172 valence electrons. The number of carbonyl (C=O) groups is 2. The third kappa shape index (κ3) is 3.44. The van der Waals surface area contributed by atoms with Crippen LogP contribution in [0.5, 0.6) is 5.75 Å². The lowest BCUT2D eigenvalue weighted by Crippen LogP contribution is -2.31. The SMILES string of the molecule is COc1ccc(S(=O)(=O)n2c(CN3C(=O)c4ccccc4C3=O)nc3cc(Cl)c(Cl)cc32)cc1. The van der Waals surface area contributed by atoms with E-state index in [4.69, 9.17) is 27.9 Å². The maximum absolute atomic E-state index is 13.7. The van der Waals surface area contributed by atoms with Gasteiger partial charge in [0.05, 0.1) is 50.8 Å². The largest absolute Gasteiger partial charge is 0.497 e. The van der Waals surface area contributed by atoms with E-state index in [2.05, 4.69) is 4.98 Å². The third-order valence-electron chi connectivity index (χ3n) is 5.50. The van der Waals surface area contributed by atoms with E-state index in [1.54, 1.807) is 24.3 Å². The van der Waals surface area contributed by atoms with Crippen LogP contribution in [0.25, 0.3) is 11.0 Å². The molecule has 0 radical (unpaired) electrons. The number of benzene rings is 3. The number of nitrogens with zero attached hydrogens (tertiary/aromatic N) is 3. The summed E-state index contributed by atoms with van der Waals surface area (Å²) in [4.78, 5) is 31.1. The molecule has 34 heavy (non-hydrogen) atoms. The minimum Gasteiger partial charge on any atom is -0.497 e. The highest BCUT2D eigenvalue weighted by atomic mass is 35.5. The predicted molar refractivity (Wildman–Crippen MR) is 126 cm³/mol. The normalized spacial score (nSPS) is 13.6. The van der Waals surface area contributed by atoms with Crippen molar-refractivity contribution in [3.63, 3.8) is 0 Å². The smallest absolute Gasteiger partial charge is 0.269 e. The Kier molecular flexibility index (Phi) is 5.35. The van der Waals surface area contributed by atoms with Crippen LogP contribution in [0.3, 0.4) is 0 Å². The summed E-state index contributed by atoms with van der Waals surface area (Å²) in [6.45, 7) is -0.369. The number of ether oxygens (including phenoxy) is 1. The van der Waals surface area contributed by atoms with Crippen LogP contribution in [0, 0.1) is 0 Å². The number of carbonyl (C=O) groups excluding carboxylic acids is 2. The van der Waals surface area contributed by atoms with Crippen molar-refractivity contribution in [2.24, 2.45) is 0 Å². The van der Waals surface area contributed by atoms with Gasteiger partial charge in [-0.15, -0.1) is 0 Å². The molecule has 0 fully saturated rings. The number of fused-ring (bicyclic) bond motifs is 2. The lowest BCUT2D eigenvalue weighted by atomic mass is 10.1. The molecule has 1 aliphatic heterocycles. The van der Waals surface area contributed by atoms with Crippen molar-refractivity contribution in [2.75, 3.05) is 7.11 Å². The molecule has 0 atom stereocenters. The van der Waals surface area contributed by atoms with Crippen LogP contribution in [0.2, 0.25) is 10.0 Å². The van der Waals surface area contributed by atoms with Gasteiger partial charge in [-0.05, 0) is 48.5 Å². The van der Waals surface area contributed by atoms with E-state index in [0.717, 1.165) is 8.87 Å². The number of amides is 2. The standard InChI is InChI=1S/C23H15Cl2N3O5S/c1-33-13-6-8-14(9-7-13)34(31,32)28-20-11-18(25)17(24)10-19(20)26-21(28)12-27-22(29)15-4-2-3-5-16(15)23(27)30/h2-11H,12H2,1H3. The minimum absolute atomic E-state index is 0.0396. The van der Waals surface area contributed by atoms with Gasteiger partial charge < -0.3 is 4.74 Å². The first-order chi connectivity index (χ1) is 16.2. The number of hydrogen-bond acceptors (Lipinski definition) is 6. The summed E-state index contributed by atoms with van der Waals surface area (Å²) in [6.07, 6.45) is 0. The van der Waals surface area contributed by atoms with Crippen LogP contribution in [-0.2, 0) is 16.6 Å². The highest BCUT2D eigenvalue weighted by Gasteiger charge is 2.37. The Hall–Kier alpha value is -3.40. The molecule has 1 aromatic heterocycles. The van der Waals surface area contributed by atoms with E-state index >= 15 is 0 Å². The number of halogens is 2. The van der Waals surface area contributed by atoms with Crippen molar-refractivity contribution in [3.05, 3.63) is 87.7 Å². The lowest BCUT2D eigenvalue weighted by Gasteiger charge is -2.16. The number of aromatic nitrogens is 2. The minimum atomic E-state index is -4.20. The van der Waals surface area contributed by atoms with Crippen molar-refractivity contribution < 1.29 is 22.7 Å². The van der Waals surface area contributed by atoms with Crippen LogP contribution in [0.15, 0.2) is 65.6 Å². The van der Waals surface area contributed by atoms with Gasteiger partial charge in [-0.3, -0.25) is 14.5 Å². The van der Waals surface area contributed by atoms with Gasteiger partial charge in [0.1, 0.15) is 11.6 Å². The van der Waals surface area contributed by atoms with Gasteiger partial charge >= 0.3 is 0 Å². The van der Waals surface area contributed by atoms with E-state index < -0.39 is 21.8 Å². The van der Waals surface area contributed by atoms with E-state index in [1.807, 2.05) is 0 Å². The maximum atomic E-state index is 13.7. The number of rotatable bonds is 5. The number of methoxy groups -OCH3 is 1. The molecule has 3 aromatic carbocycles. The van der Waals surface area contributed by atoms with E-state index in [-0.39, 0.29) is 49.5 Å². The van der Waals surface area contributed by atoms with E-state index in [0.29, 0.717) is 5.75 Å². The summed E-state index contributed by atoms with van der Waals surface area (Å²) in [7, 11) is -2.73.